The van der Waals surface area contributed by atoms with Gasteiger partial charge in [0.15, 0.2) is 5.78 Å². The molecule has 3 aliphatic carbocycles. The number of fused-ring (bicyclic) bond motifs is 8. The van der Waals surface area contributed by atoms with Crippen molar-refractivity contribution in [3.05, 3.63) is 65.7 Å². The van der Waals surface area contributed by atoms with Crippen LogP contribution in [0.15, 0.2) is 54.6 Å². The van der Waals surface area contributed by atoms with Crippen LogP contribution in [0.4, 0.5) is 5.69 Å². The van der Waals surface area contributed by atoms with Gasteiger partial charge in [0.25, 0.3) is 0 Å². The molecule has 1 N–H and O–H groups in total. The summed E-state index contributed by atoms with van der Waals surface area (Å²) in [6, 6.07) is 13.0. The van der Waals surface area contributed by atoms with Crippen molar-refractivity contribution in [1.82, 2.24) is 4.90 Å². The average Bonchev–Trinajstić information content (AvgIpc) is 3.58. The number of nitrogens with one attached hydrogen (secondary N) is 1. The number of imide groups is 1. The van der Waals surface area contributed by atoms with Gasteiger partial charge in [0, 0.05) is 29.8 Å². The Balaban J connectivity index is 0.976. The molecule has 6 nitrogen and oxygen atoms in total. The van der Waals surface area contributed by atoms with Crippen LogP contribution >= 0.6 is 0 Å². The second kappa shape index (κ2) is 8.05. The topological polar surface area (TPSA) is 83.6 Å². The summed E-state index contributed by atoms with van der Waals surface area (Å²) in [6.45, 7) is 0.444. The molecular weight excluding hydrogens is 428 g/mol. The summed E-state index contributed by atoms with van der Waals surface area (Å²) >= 11 is 0. The highest BCUT2D eigenvalue weighted by Gasteiger charge is 2.58. The number of anilines is 1. The van der Waals surface area contributed by atoms with Gasteiger partial charge in [-0.2, -0.15) is 0 Å². The Labute approximate surface area is 198 Å². The molecule has 172 valence electrons. The van der Waals surface area contributed by atoms with E-state index in [9.17, 15) is 19.2 Å². The van der Waals surface area contributed by atoms with E-state index in [-0.39, 0.29) is 47.2 Å². The molecule has 6 rings (SSSR count). The summed E-state index contributed by atoms with van der Waals surface area (Å²) < 4.78 is 0. The molecule has 6 heteroatoms. The number of amides is 3. The molecule has 2 aromatic carbocycles. The molecular formula is C28H26N2O4. The second-order valence-corrected chi connectivity index (χ2v) is 9.82. The molecule has 3 amide bonds. The third-order valence-electron chi connectivity index (χ3n) is 7.86. The largest absolute Gasteiger partial charge is 0.326 e. The lowest BCUT2D eigenvalue weighted by molar-refractivity contribution is -0.140. The van der Waals surface area contributed by atoms with Gasteiger partial charge in [-0.25, -0.2) is 0 Å². The van der Waals surface area contributed by atoms with Crippen molar-refractivity contribution in [3.63, 3.8) is 0 Å². The number of likely N-dealkylation sites (tertiary alicyclic amines) is 1. The average molecular weight is 455 g/mol. The first kappa shape index (κ1) is 21.0. The molecule has 1 saturated heterocycles. The van der Waals surface area contributed by atoms with E-state index in [1.165, 1.54) is 4.90 Å². The summed E-state index contributed by atoms with van der Waals surface area (Å²) in [4.78, 5) is 52.0. The molecule has 1 aliphatic heterocycles. The number of unbranched alkanes of at least 4 members (excludes halogenated alkanes) is 2. The number of ketones is 1. The Kier molecular flexibility index (Phi) is 4.97. The number of carbonyl (C=O) groups is 4. The number of allylic oxidation sites excluding steroid dienone is 2. The summed E-state index contributed by atoms with van der Waals surface area (Å²) in [5.74, 6) is 0.0815. The van der Waals surface area contributed by atoms with Crippen LogP contribution in [0.3, 0.4) is 0 Å². The van der Waals surface area contributed by atoms with Gasteiger partial charge in [-0.1, -0.05) is 48.9 Å². The predicted octanol–water partition coefficient (Wildman–Crippen LogP) is 4.20. The number of carbonyl (C=O) groups excluding carboxylic acids is 4. The van der Waals surface area contributed by atoms with Crippen molar-refractivity contribution in [2.45, 2.75) is 32.1 Å². The zero-order valence-electron chi connectivity index (χ0n) is 18.8. The van der Waals surface area contributed by atoms with Crippen LogP contribution in [0, 0.1) is 23.7 Å². The Morgan fingerprint density at radius 3 is 2.24 bits per heavy atom. The minimum Gasteiger partial charge on any atom is -0.326 e. The van der Waals surface area contributed by atoms with E-state index in [1.807, 2.05) is 36.4 Å². The first-order valence-corrected chi connectivity index (χ1v) is 12.1. The molecule has 1 heterocycles. The van der Waals surface area contributed by atoms with Gasteiger partial charge in [-0.15, -0.1) is 0 Å². The fourth-order valence-corrected chi connectivity index (χ4v) is 6.25. The maximum Gasteiger partial charge on any atom is 0.233 e. The van der Waals surface area contributed by atoms with Gasteiger partial charge in [0.1, 0.15) is 0 Å². The fraction of sp³-hybridized carbons (Fsp3) is 0.357. The van der Waals surface area contributed by atoms with Crippen LogP contribution in [-0.2, 0) is 14.4 Å². The zero-order chi connectivity index (χ0) is 23.4. The van der Waals surface area contributed by atoms with Gasteiger partial charge < -0.3 is 5.32 Å². The third kappa shape index (κ3) is 3.23. The predicted molar refractivity (Wildman–Crippen MR) is 127 cm³/mol. The molecule has 34 heavy (non-hydrogen) atoms. The normalized spacial score (nSPS) is 25.6. The number of hydrogen-bond acceptors (Lipinski definition) is 4. The lowest BCUT2D eigenvalue weighted by atomic mass is 9.85. The number of rotatable bonds is 7. The molecule has 0 unspecified atom stereocenters. The van der Waals surface area contributed by atoms with Crippen molar-refractivity contribution in [2.24, 2.45) is 23.7 Å². The minimum absolute atomic E-state index is 0.00194. The number of hydrogen-bond donors (Lipinski definition) is 1. The van der Waals surface area contributed by atoms with E-state index in [0.29, 0.717) is 42.6 Å². The van der Waals surface area contributed by atoms with E-state index in [1.54, 1.807) is 6.07 Å². The monoisotopic (exact) mass is 454 g/mol. The fourth-order valence-electron chi connectivity index (χ4n) is 6.25. The van der Waals surface area contributed by atoms with Crippen LogP contribution in [0.5, 0.6) is 0 Å². The second-order valence-electron chi connectivity index (χ2n) is 9.82. The van der Waals surface area contributed by atoms with E-state index in [2.05, 4.69) is 17.5 Å². The van der Waals surface area contributed by atoms with Crippen LogP contribution in [0.1, 0.15) is 48.0 Å². The van der Waals surface area contributed by atoms with Crippen molar-refractivity contribution < 1.29 is 19.2 Å². The van der Waals surface area contributed by atoms with Crippen molar-refractivity contribution in [2.75, 3.05) is 11.9 Å². The van der Waals surface area contributed by atoms with Crippen molar-refractivity contribution in [1.29, 1.82) is 0 Å². The van der Waals surface area contributed by atoms with E-state index in [4.69, 9.17) is 0 Å². The minimum atomic E-state index is -0.139. The summed E-state index contributed by atoms with van der Waals surface area (Å²) in [6.07, 6.45) is 7.66. The molecule has 4 atom stereocenters. The lowest BCUT2D eigenvalue weighted by Gasteiger charge is -2.17. The molecule has 0 radical (unpaired) electrons. The van der Waals surface area contributed by atoms with Gasteiger partial charge in [-0.05, 0) is 54.4 Å². The van der Waals surface area contributed by atoms with Gasteiger partial charge in [0.2, 0.25) is 17.7 Å². The smallest absolute Gasteiger partial charge is 0.233 e. The van der Waals surface area contributed by atoms with Crippen LogP contribution in [0.2, 0.25) is 0 Å². The van der Waals surface area contributed by atoms with Crippen LogP contribution < -0.4 is 5.32 Å². The SMILES string of the molecule is O=C(CCCCCN1C(=O)[C@H]2[C@H](C1=O)[C@H]1C=C[C@H]2C1)Nc1ccc2c(c1)C(=O)c1ccccc1-2. The maximum absolute atomic E-state index is 12.7. The number of benzene rings is 2. The van der Waals surface area contributed by atoms with E-state index < -0.39 is 0 Å². The van der Waals surface area contributed by atoms with Gasteiger partial charge in [0.05, 0.1) is 11.8 Å². The Bertz CT molecular complexity index is 1230. The van der Waals surface area contributed by atoms with Gasteiger partial charge in [-0.3, -0.25) is 24.1 Å². The molecule has 1 saturated carbocycles. The molecule has 0 aromatic heterocycles. The first-order chi connectivity index (χ1) is 16.5. The summed E-state index contributed by atoms with van der Waals surface area (Å²) in [7, 11) is 0. The molecule has 4 aliphatic rings. The molecule has 2 bridgehead atoms. The van der Waals surface area contributed by atoms with E-state index >= 15 is 0 Å². The molecule has 2 aromatic rings. The van der Waals surface area contributed by atoms with Gasteiger partial charge >= 0.3 is 0 Å². The Morgan fingerprint density at radius 2 is 1.50 bits per heavy atom. The van der Waals surface area contributed by atoms with Crippen molar-refractivity contribution >= 4 is 29.2 Å². The molecule has 2 fully saturated rings. The summed E-state index contributed by atoms with van der Waals surface area (Å²) in [5.41, 5.74) is 3.77. The van der Waals surface area contributed by atoms with Crippen LogP contribution in [-0.4, -0.2) is 34.9 Å². The number of nitrogens with zero attached hydrogens (tertiary/aromatic N) is 1. The zero-order valence-corrected chi connectivity index (χ0v) is 18.8. The Morgan fingerprint density at radius 1 is 0.824 bits per heavy atom. The lowest BCUT2D eigenvalue weighted by Crippen LogP contribution is -2.33. The molecule has 0 spiro atoms. The van der Waals surface area contributed by atoms with E-state index in [0.717, 1.165) is 24.0 Å². The van der Waals surface area contributed by atoms with Crippen LogP contribution in [0.25, 0.3) is 11.1 Å². The highest BCUT2D eigenvalue weighted by atomic mass is 16.2. The Hall–Kier alpha value is -3.54. The summed E-state index contributed by atoms with van der Waals surface area (Å²) in [5, 5.41) is 2.89. The first-order valence-electron chi connectivity index (χ1n) is 12.1. The standard InChI is InChI=1S/C28H26N2O4/c31-23(29-18-11-12-20-19-6-3-4-7-21(19)26(32)22(20)15-18)8-2-1-5-13-30-27(33)24-16-9-10-17(14-16)25(24)28(30)34/h3-4,6-7,9-12,15-17,24-25H,1-2,5,8,13-14H2,(H,29,31)/t16-,17-,24+,25+/m0/s1. The van der Waals surface area contributed by atoms with Crippen molar-refractivity contribution in [3.8, 4) is 11.1 Å². The maximum atomic E-state index is 12.7. The highest BCUT2D eigenvalue weighted by Crippen LogP contribution is 2.52. The quantitative estimate of drug-likeness (QED) is 0.329. The highest BCUT2D eigenvalue weighted by molar-refractivity contribution is 6.22. The third-order valence-corrected chi connectivity index (χ3v) is 7.86.